The highest BCUT2D eigenvalue weighted by molar-refractivity contribution is 5.81. The van der Waals surface area contributed by atoms with Gasteiger partial charge in [-0.25, -0.2) is 4.98 Å². The molecule has 2 aromatic rings. The van der Waals surface area contributed by atoms with Crippen LogP contribution in [0.1, 0.15) is 20.8 Å². The van der Waals surface area contributed by atoms with E-state index in [1.807, 2.05) is 6.92 Å². The van der Waals surface area contributed by atoms with Gasteiger partial charge < -0.3 is 4.74 Å². The number of nitro benzene ring substituents is 1. The second-order valence-corrected chi connectivity index (χ2v) is 4.85. The Balaban J connectivity index is 2.31. The summed E-state index contributed by atoms with van der Waals surface area (Å²) < 4.78 is 5.72. The van der Waals surface area contributed by atoms with Gasteiger partial charge in [0, 0.05) is 23.6 Å². The molecule has 0 radical (unpaired) electrons. The van der Waals surface area contributed by atoms with Crippen LogP contribution in [0.15, 0.2) is 30.3 Å². The van der Waals surface area contributed by atoms with Crippen molar-refractivity contribution in [1.29, 1.82) is 0 Å². The minimum atomic E-state index is -0.412. The number of nitro groups is 1. The van der Waals surface area contributed by atoms with E-state index in [0.29, 0.717) is 17.3 Å². The SMILES string of the molecule is CC(C)C(C)Oc1ccc2cc([N+](=O)[O-])ccc2n1. The molecule has 0 bridgehead atoms. The molecular formula is C14H16N2O3. The van der Waals surface area contributed by atoms with Crippen molar-refractivity contribution in [2.24, 2.45) is 5.92 Å². The molecule has 0 N–H and O–H groups in total. The van der Waals surface area contributed by atoms with Crippen LogP contribution in [0, 0.1) is 16.0 Å². The number of benzene rings is 1. The third kappa shape index (κ3) is 2.99. The monoisotopic (exact) mass is 260 g/mol. The first-order chi connectivity index (χ1) is 8.97. The number of hydrogen-bond acceptors (Lipinski definition) is 4. The highest BCUT2D eigenvalue weighted by Gasteiger charge is 2.11. The van der Waals surface area contributed by atoms with Crippen molar-refractivity contribution < 1.29 is 9.66 Å². The van der Waals surface area contributed by atoms with Crippen molar-refractivity contribution in [1.82, 2.24) is 4.98 Å². The van der Waals surface area contributed by atoms with E-state index < -0.39 is 4.92 Å². The molecule has 1 aromatic heterocycles. The van der Waals surface area contributed by atoms with Crippen LogP contribution in [0.5, 0.6) is 5.88 Å². The Labute approximate surface area is 111 Å². The minimum absolute atomic E-state index is 0.0681. The quantitative estimate of drug-likeness (QED) is 0.622. The van der Waals surface area contributed by atoms with Gasteiger partial charge in [-0.3, -0.25) is 10.1 Å². The van der Waals surface area contributed by atoms with Gasteiger partial charge in [-0.1, -0.05) is 13.8 Å². The smallest absolute Gasteiger partial charge is 0.270 e. The van der Waals surface area contributed by atoms with Gasteiger partial charge in [-0.05, 0) is 25.0 Å². The van der Waals surface area contributed by atoms with Crippen LogP contribution >= 0.6 is 0 Å². The van der Waals surface area contributed by atoms with Crippen LogP contribution in [0.4, 0.5) is 5.69 Å². The van der Waals surface area contributed by atoms with Crippen LogP contribution in [0.2, 0.25) is 0 Å². The van der Waals surface area contributed by atoms with E-state index >= 15 is 0 Å². The average Bonchev–Trinajstić information content (AvgIpc) is 2.37. The summed E-state index contributed by atoms with van der Waals surface area (Å²) in [5, 5.41) is 11.4. The van der Waals surface area contributed by atoms with Gasteiger partial charge in [-0.2, -0.15) is 0 Å². The normalized spacial score (nSPS) is 12.6. The zero-order valence-electron chi connectivity index (χ0n) is 11.2. The number of non-ortho nitro benzene ring substituents is 1. The zero-order chi connectivity index (χ0) is 14.0. The molecule has 0 amide bonds. The highest BCUT2D eigenvalue weighted by atomic mass is 16.6. The highest BCUT2D eigenvalue weighted by Crippen LogP contribution is 2.22. The molecule has 0 aliphatic heterocycles. The van der Waals surface area contributed by atoms with Gasteiger partial charge in [0.2, 0.25) is 5.88 Å². The maximum atomic E-state index is 10.7. The van der Waals surface area contributed by atoms with Gasteiger partial charge >= 0.3 is 0 Å². The Bertz CT molecular complexity index is 611. The maximum Gasteiger partial charge on any atom is 0.270 e. The fraction of sp³-hybridized carbons (Fsp3) is 0.357. The van der Waals surface area contributed by atoms with Crippen molar-refractivity contribution in [3.63, 3.8) is 0 Å². The molecule has 0 aliphatic carbocycles. The summed E-state index contributed by atoms with van der Waals surface area (Å²) >= 11 is 0. The third-order valence-electron chi connectivity index (χ3n) is 3.10. The Morgan fingerprint density at radius 3 is 2.58 bits per heavy atom. The Morgan fingerprint density at radius 1 is 1.21 bits per heavy atom. The molecule has 100 valence electrons. The number of aromatic nitrogens is 1. The molecule has 0 spiro atoms. The van der Waals surface area contributed by atoms with Crippen LogP contribution in [-0.4, -0.2) is 16.0 Å². The molecule has 0 saturated heterocycles. The fourth-order valence-electron chi connectivity index (χ4n) is 1.60. The fourth-order valence-corrected chi connectivity index (χ4v) is 1.60. The number of nitrogens with zero attached hydrogens (tertiary/aromatic N) is 2. The Hall–Kier alpha value is -2.17. The van der Waals surface area contributed by atoms with Crippen molar-refractivity contribution in [2.75, 3.05) is 0 Å². The van der Waals surface area contributed by atoms with Crippen molar-refractivity contribution >= 4 is 16.6 Å². The second-order valence-electron chi connectivity index (χ2n) is 4.85. The molecule has 0 fully saturated rings. The van der Waals surface area contributed by atoms with Crippen molar-refractivity contribution in [2.45, 2.75) is 26.9 Å². The topological polar surface area (TPSA) is 65.3 Å². The lowest BCUT2D eigenvalue weighted by Gasteiger charge is -2.17. The summed E-state index contributed by atoms with van der Waals surface area (Å²) in [6.07, 6.45) is 0.0722. The van der Waals surface area contributed by atoms with Gasteiger partial charge in [0.05, 0.1) is 16.5 Å². The molecule has 1 heterocycles. The molecule has 1 unspecified atom stereocenters. The number of fused-ring (bicyclic) bond motifs is 1. The minimum Gasteiger partial charge on any atom is -0.474 e. The molecule has 5 heteroatoms. The first kappa shape index (κ1) is 13.3. The number of rotatable bonds is 4. The van der Waals surface area contributed by atoms with E-state index in [0.717, 1.165) is 5.39 Å². The molecule has 1 aromatic carbocycles. The van der Waals surface area contributed by atoms with Gasteiger partial charge in [0.1, 0.15) is 0 Å². The van der Waals surface area contributed by atoms with Gasteiger partial charge in [0.15, 0.2) is 0 Å². The summed E-state index contributed by atoms with van der Waals surface area (Å²) in [5.74, 6) is 0.942. The predicted octanol–water partition coefficient (Wildman–Crippen LogP) is 3.57. The van der Waals surface area contributed by atoms with E-state index in [4.69, 9.17) is 4.74 Å². The summed E-state index contributed by atoms with van der Waals surface area (Å²) in [5.41, 5.74) is 0.762. The van der Waals surface area contributed by atoms with Crippen LogP contribution in [-0.2, 0) is 0 Å². The van der Waals surface area contributed by atoms with Crippen molar-refractivity contribution in [3.8, 4) is 5.88 Å². The first-order valence-electron chi connectivity index (χ1n) is 6.19. The van der Waals surface area contributed by atoms with Crippen LogP contribution in [0.3, 0.4) is 0 Å². The van der Waals surface area contributed by atoms with E-state index in [2.05, 4.69) is 18.8 Å². The average molecular weight is 260 g/mol. The van der Waals surface area contributed by atoms with Gasteiger partial charge in [-0.15, -0.1) is 0 Å². The van der Waals surface area contributed by atoms with Gasteiger partial charge in [0.25, 0.3) is 5.69 Å². The molecule has 0 saturated carbocycles. The van der Waals surface area contributed by atoms with E-state index in [9.17, 15) is 10.1 Å². The molecule has 5 nitrogen and oxygen atoms in total. The molecular weight excluding hydrogens is 244 g/mol. The predicted molar refractivity (Wildman–Crippen MR) is 73.3 cm³/mol. The first-order valence-corrected chi connectivity index (χ1v) is 6.19. The van der Waals surface area contributed by atoms with E-state index in [1.165, 1.54) is 12.1 Å². The molecule has 1 atom stereocenters. The largest absolute Gasteiger partial charge is 0.474 e. The number of pyridine rings is 1. The lowest BCUT2D eigenvalue weighted by atomic mass is 10.1. The summed E-state index contributed by atoms with van der Waals surface area (Å²) in [7, 11) is 0. The Kier molecular flexibility index (Phi) is 3.64. The van der Waals surface area contributed by atoms with E-state index in [-0.39, 0.29) is 11.8 Å². The van der Waals surface area contributed by atoms with Crippen LogP contribution < -0.4 is 4.74 Å². The molecule has 0 aliphatic rings. The Morgan fingerprint density at radius 2 is 1.95 bits per heavy atom. The van der Waals surface area contributed by atoms with E-state index in [1.54, 1.807) is 18.2 Å². The summed E-state index contributed by atoms with van der Waals surface area (Å²) in [6, 6.07) is 8.13. The third-order valence-corrected chi connectivity index (χ3v) is 3.10. The second kappa shape index (κ2) is 5.22. The molecule has 19 heavy (non-hydrogen) atoms. The summed E-state index contributed by atoms with van der Waals surface area (Å²) in [4.78, 5) is 14.6. The summed E-state index contributed by atoms with van der Waals surface area (Å²) in [6.45, 7) is 6.15. The standard InChI is InChI=1S/C14H16N2O3/c1-9(2)10(3)19-14-7-4-11-8-12(16(17)18)5-6-13(11)15-14/h4-10H,1-3H3. The van der Waals surface area contributed by atoms with Crippen LogP contribution in [0.25, 0.3) is 10.9 Å². The van der Waals surface area contributed by atoms with Crippen molar-refractivity contribution in [3.05, 3.63) is 40.4 Å². The number of hydrogen-bond donors (Lipinski definition) is 0. The number of ether oxygens (including phenoxy) is 1. The lowest BCUT2D eigenvalue weighted by Crippen LogP contribution is -2.19. The maximum absolute atomic E-state index is 10.7. The molecule has 2 rings (SSSR count). The lowest BCUT2D eigenvalue weighted by molar-refractivity contribution is -0.384. The zero-order valence-corrected chi connectivity index (χ0v) is 11.2.